The minimum absolute atomic E-state index is 0.0898. The van der Waals surface area contributed by atoms with Crippen LogP contribution in [0, 0.1) is 5.92 Å². The van der Waals surface area contributed by atoms with Crippen LogP contribution >= 0.6 is 0 Å². The molecule has 9 nitrogen and oxygen atoms in total. The summed E-state index contributed by atoms with van der Waals surface area (Å²) in [6.45, 7) is 2.49. The number of carbonyl (C=O) groups is 2. The summed E-state index contributed by atoms with van der Waals surface area (Å²) in [5, 5.41) is 2.80. The first-order chi connectivity index (χ1) is 16.2. The molecular formula is C24H29N3O6S. The lowest BCUT2D eigenvalue weighted by Crippen LogP contribution is -2.40. The molecule has 2 heterocycles. The Bertz CT molecular complexity index is 1160. The second-order valence-electron chi connectivity index (χ2n) is 8.63. The van der Waals surface area contributed by atoms with Crippen LogP contribution in [0.15, 0.2) is 47.4 Å². The van der Waals surface area contributed by atoms with Crippen molar-refractivity contribution in [2.45, 2.75) is 17.7 Å². The number of rotatable bonds is 7. The van der Waals surface area contributed by atoms with Gasteiger partial charge in [0.2, 0.25) is 15.9 Å². The summed E-state index contributed by atoms with van der Waals surface area (Å²) in [6, 6.07) is 11.4. The van der Waals surface area contributed by atoms with Crippen molar-refractivity contribution in [1.29, 1.82) is 0 Å². The third-order valence-electron chi connectivity index (χ3n) is 6.07. The molecule has 0 aromatic heterocycles. The van der Waals surface area contributed by atoms with E-state index < -0.39 is 10.0 Å². The van der Waals surface area contributed by atoms with E-state index in [0.717, 1.165) is 4.31 Å². The van der Waals surface area contributed by atoms with Crippen LogP contribution in [0.5, 0.6) is 11.5 Å². The Labute approximate surface area is 199 Å². The molecule has 0 aliphatic carbocycles. The van der Waals surface area contributed by atoms with Gasteiger partial charge in [-0.25, -0.2) is 12.7 Å². The molecule has 34 heavy (non-hydrogen) atoms. The second kappa shape index (κ2) is 10.1. The van der Waals surface area contributed by atoms with Crippen LogP contribution in [0.2, 0.25) is 0 Å². The lowest BCUT2D eigenvalue weighted by atomic mass is 9.88. The standard InChI is InChI=1S/C24H29N3O6S/c1-26(2)34(30,31)20-6-4-19(5-7-20)25-23(28)16-27-11-9-17(10-12-27)24(29)18-3-8-21-22(15-18)33-14-13-32-21/h3-8,15,17H,9-14,16H2,1-2H3,(H,25,28). The van der Waals surface area contributed by atoms with Crippen molar-refractivity contribution >= 4 is 27.4 Å². The van der Waals surface area contributed by atoms with Crippen LogP contribution in [-0.2, 0) is 14.8 Å². The van der Waals surface area contributed by atoms with Crippen molar-refractivity contribution in [1.82, 2.24) is 9.21 Å². The summed E-state index contributed by atoms with van der Waals surface area (Å²) in [7, 11) is -0.570. The van der Waals surface area contributed by atoms with E-state index in [1.165, 1.54) is 26.2 Å². The highest BCUT2D eigenvalue weighted by Crippen LogP contribution is 2.32. The molecule has 182 valence electrons. The molecule has 1 saturated heterocycles. The normalized spacial score (nSPS) is 16.9. The van der Waals surface area contributed by atoms with Crippen LogP contribution in [0.25, 0.3) is 0 Å². The van der Waals surface area contributed by atoms with E-state index in [-0.39, 0.29) is 29.0 Å². The molecule has 4 rings (SSSR count). The number of nitrogens with one attached hydrogen (secondary N) is 1. The number of nitrogens with zero attached hydrogens (tertiary/aromatic N) is 2. The van der Waals surface area contributed by atoms with Crippen LogP contribution in [0.4, 0.5) is 5.69 Å². The topological polar surface area (TPSA) is 105 Å². The van der Waals surface area contributed by atoms with Crippen molar-refractivity contribution in [3.63, 3.8) is 0 Å². The van der Waals surface area contributed by atoms with Gasteiger partial charge in [-0.3, -0.25) is 14.5 Å². The smallest absolute Gasteiger partial charge is 0.242 e. The predicted octanol–water partition coefficient (Wildman–Crippen LogP) is 2.24. The number of ether oxygens (including phenoxy) is 2. The fourth-order valence-electron chi connectivity index (χ4n) is 4.11. The van der Waals surface area contributed by atoms with Gasteiger partial charge in [-0.1, -0.05) is 0 Å². The van der Waals surface area contributed by atoms with E-state index in [1.54, 1.807) is 30.3 Å². The number of piperidine rings is 1. The highest BCUT2D eigenvalue weighted by atomic mass is 32.2. The average molecular weight is 488 g/mol. The van der Waals surface area contributed by atoms with E-state index in [2.05, 4.69) is 5.32 Å². The maximum Gasteiger partial charge on any atom is 0.242 e. The summed E-state index contributed by atoms with van der Waals surface area (Å²) in [5.41, 5.74) is 1.16. The van der Waals surface area contributed by atoms with Crippen molar-refractivity contribution in [2.75, 3.05) is 52.3 Å². The SMILES string of the molecule is CN(C)S(=O)(=O)c1ccc(NC(=O)CN2CCC(C(=O)c3ccc4c(c3)OCCO4)CC2)cc1. The first kappa shape index (κ1) is 24.2. The number of Topliss-reactive ketones (excluding diaryl/α,β-unsaturated/α-hetero) is 1. The Morgan fingerprint density at radius 3 is 2.29 bits per heavy atom. The van der Waals surface area contributed by atoms with Crippen molar-refractivity contribution in [3.05, 3.63) is 48.0 Å². The average Bonchev–Trinajstić information content (AvgIpc) is 2.84. The van der Waals surface area contributed by atoms with E-state index in [1.807, 2.05) is 4.90 Å². The Morgan fingerprint density at radius 1 is 1.00 bits per heavy atom. The Balaban J connectivity index is 1.27. The van der Waals surface area contributed by atoms with Gasteiger partial charge in [0.1, 0.15) is 13.2 Å². The van der Waals surface area contributed by atoms with Gasteiger partial charge in [0, 0.05) is 31.3 Å². The fourth-order valence-corrected chi connectivity index (χ4v) is 5.01. The van der Waals surface area contributed by atoms with Gasteiger partial charge in [-0.2, -0.15) is 0 Å². The third kappa shape index (κ3) is 5.40. The van der Waals surface area contributed by atoms with Crippen LogP contribution < -0.4 is 14.8 Å². The molecule has 0 radical (unpaired) electrons. The van der Waals surface area contributed by atoms with Crippen LogP contribution in [-0.4, -0.2) is 76.3 Å². The summed E-state index contributed by atoms with van der Waals surface area (Å²) in [5.74, 6) is 1.10. The fraction of sp³-hybridized carbons (Fsp3) is 0.417. The molecule has 0 bridgehead atoms. The number of fused-ring (bicyclic) bond motifs is 1. The molecule has 0 saturated carbocycles. The number of benzene rings is 2. The number of sulfonamides is 1. The lowest BCUT2D eigenvalue weighted by Gasteiger charge is -2.30. The van der Waals surface area contributed by atoms with E-state index in [9.17, 15) is 18.0 Å². The first-order valence-corrected chi connectivity index (χ1v) is 12.7. The molecule has 2 aromatic carbocycles. The Kier molecular flexibility index (Phi) is 7.20. The summed E-state index contributed by atoms with van der Waals surface area (Å²) < 4.78 is 36.5. The highest BCUT2D eigenvalue weighted by molar-refractivity contribution is 7.89. The van der Waals surface area contributed by atoms with Gasteiger partial charge >= 0.3 is 0 Å². The molecule has 0 spiro atoms. The molecule has 10 heteroatoms. The monoisotopic (exact) mass is 487 g/mol. The summed E-state index contributed by atoms with van der Waals surface area (Å²) in [6.07, 6.45) is 1.36. The van der Waals surface area contributed by atoms with Crippen molar-refractivity contribution < 1.29 is 27.5 Å². The van der Waals surface area contributed by atoms with Gasteiger partial charge in [-0.05, 0) is 68.4 Å². The van der Waals surface area contributed by atoms with E-state index >= 15 is 0 Å². The number of anilines is 1. The molecular weight excluding hydrogens is 458 g/mol. The van der Waals surface area contributed by atoms with Crippen LogP contribution in [0.3, 0.4) is 0 Å². The largest absolute Gasteiger partial charge is 0.486 e. The van der Waals surface area contributed by atoms with Crippen LogP contribution in [0.1, 0.15) is 23.2 Å². The zero-order valence-electron chi connectivity index (χ0n) is 19.3. The molecule has 0 unspecified atom stereocenters. The predicted molar refractivity (Wildman–Crippen MR) is 127 cm³/mol. The minimum Gasteiger partial charge on any atom is -0.486 e. The van der Waals surface area contributed by atoms with Crippen molar-refractivity contribution in [3.8, 4) is 11.5 Å². The Hall–Kier alpha value is -2.95. The number of amides is 1. The zero-order chi connectivity index (χ0) is 24.3. The summed E-state index contributed by atoms with van der Waals surface area (Å²) >= 11 is 0. The molecule has 1 N–H and O–H groups in total. The molecule has 0 atom stereocenters. The number of carbonyl (C=O) groups excluding carboxylic acids is 2. The maximum atomic E-state index is 13.0. The second-order valence-corrected chi connectivity index (χ2v) is 10.8. The molecule has 1 amide bonds. The third-order valence-corrected chi connectivity index (χ3v) is 7.90. The Morgan fingerprint density at radius 2 is 1.65 bits per heavy atom. The number of hydrogen-bond donors (Lipinski definition) is 1. The quantitative estimate of drug-likeness (QED) is 0.597. The van der Waals surface area contributed by atoms with Gasteiger partial charge in [0.25, 0.3) is 0 Å². The summed E-state index contributed by atoms with van der Waals surface area (Å²) in [4.78, 5) is 27.6. The number of likely N-dealkylation sites (tertiary alicyclic amines) is 1. The van der Waals surface area contributed by atoms with Gasteiger partial charge < -0.3 is 14.8 Å². The maximum absolute atomic E-state index is 13.0. The number of hydrogen-bond acceptors (Lipinski definition) is 7. The molecule has 2 aromatic rings. The minimum atomic E-state index is -3.51. The van der Waals surface area contributed by atoms with Gasteiger partial charge in [0.05, 0.1) is 11.4 Å². The highest BCUT2D eigenvalue weighted by Gasteiger charge is 2.27. The molecule has 2 aliphatic rings. The lowest BCUT2D eigenvalue weighted by molar-refractivity contribution is -0.117. The van der Waals surface area contributed by atoms with Gasteiger partial charge in [0.15, 0.2) is 17.3 Å². The zero-order valence-corrected chi connectivity index (χ0v) is 20.1. The van der Waals surface area contributed by atoms with E-state index in [4.69, 9.17) is 9.47 Å². The van der Waals surface area contributed by atoms with Crippen molar-refractivity contribution in [2.24, 2.45) is 5.92 Å². The molecule has 2 aliphatic heterocycles. The first-order valence-electron chi connectivity index (χ1n) is 11.2. The molecule has 1 fully saturated rings. The van der Waals surface area contributed by atoms with E-state index in [0.29, 0.717) is 61.9 Å². The number of ketones is 1. The van der Waals surface area contributed by atoms with Gasteiger partial charge in [-0.15, -0.1) is 0 Å².